The van der Waals surface area contributed by atoms with E-state index in [4.69, 9.17) is 23.2 Å². The van der Waals surface area contributed by atoms with Gasteiger partial charge in [0.1, 0.15) is 6.04 Å². The van der Waals surface area contributed by atoms with E-state index in [2.05, 4.69) is 5.32 Å². The van der Waals surface area contributed by atoms with Gasteiger partial charge in [0.15, 0.2) is 0 Å². The molecule has 7 nitrogen and oxygen atoms in total. The Morgan fingerprint density at radius 1 is 0.971 bits per heavy atom. The molecule has 0 saturated carbocycles. The van der Waals surface area contributed by atoms with Gasteiger partial charge in [-0.3, -0.25) is 9.59 Å². The Labute approximate surface area is 215 Å². The number of hydrogen-bond donors (Lipinski definition) is 1. The van der Waals surface area contributed by atoms with Crippen LogP contribution in [-0.2, 0) is 26.2 Å². The van der Waals surface area contributed by atoms with Crippen LogP contribution in [0.4, 0.5) is 0 Å². The molecule has 3 aromatic rings. The molecule has 0 aliphatic carbocycles. The monoisotopic (exact) mass is 535 g/mol. The molecule has 0 aromatic heterocycles. The SMILES string of the molecule is CCC(C(=O)NC)N(Cc1c(Cl)cccc1Cl)C(=O)CN(C)S(=O)(=O)c1ccc2ccccc2c1. The van der Waals surface area contributed by atoms with E-state index in [0.29, 0.717) is 22.0 Å². The summed E-state index contributed by atoms with van der Waals surface area (Å²) in [5.41, 5.74) is 0.478. The van der Waals surface area contributed by atoms with Crippen LogP contribution >= 0.6 is 23.2 Å². The summed E-state index contributed by atoms with van der Waals surface area (Å²) < 4.78 is 27.5. The fraction of sp³-hybridized carbons (Fsp3) is 0.280. The van der Waals surface area contributed by atoms with Crippen molar-refractivity contribution in [3.63, 3.8) is 0 Å². The van der Waals surface area contributed by atoms with Crippen LogP contribution in [0.15, 0.2) is 65.6 Å². The molecule has 0 spiro atoms. The molecule has 35 heavy (non-hydrogen) atoms. The highest BCUT2D eigenvalue weighted by molar-refractivity contribution is 7.89. The van der Waals surface area contributed by atoms with Gasteiger partial charge < -0.3 is 10.2 Å². The van der Waals surface area contributed by atoms with Crippen molar-refractivity contribution < 1.29 is 18.0 Å². The first kappa shape index (κ1) is 26.9. The molecule has 3 rings (SSSR count). The zero-order chi connectivity index (χ0) is 25.8. The van der Waals surface area contributed by atoms with Gasteiger partial charge in [0.2, 0.25) is 21.8 Å². The molecule has 0 aliphatic rings. The van der Waals surface area contributed by atoms with Gasteiger partial charge in [0.25, 0.3) is 0 Å². The third-order valence-electron chi connectivity index (χ3n) is 5.81. The molecular weight excluding hydrogens is 509 g/mol. The number of carbonyl (C=O) groups excluding carboxylic acids is 2. The summed E-state index contributed by atoms with van der Waals surface area (Å²) in [5.74, 6) is -0.924. The first-order valence-corrected chi connectivity index (χ1v) is 13.2. The van der Waals surface area contributed by atoms with Crippen molar-refractivity contribution in [3.8, 4) is 0 Å². The molecule has 1 N–H and O–H groups in total. The van der Waals surface area contributed by atoms with Crippen molar-refractivity contribution >= 4 is 55.8 Å². The quantitative estimate of drug-likeness (QED) is 0.442. The molecule has 1 unspecified atom stereocenters. The maximum Gasteiger partial charge on any atom is 0.243 e. The van der Waals surface area contributed by atoms with Gasteiger partial charge in [-0.2, -0.15) is 4.31 Å². The third kappa shape index (κ3) is 5.95. The second-order valence-corrected chi connectivity index (χ2v) is 10.9. The molecular formula is C25H27Cl2N3O4S. The average molecular weight is 536 g/mol. The molecule has 0 fully saturated rings. The van der Waals surface area contributed by atoms with Gasteiger partial charge in [0.05, 0.1) is 11.4 Å². The number of sulfonamides is 1. The first-order valence-electron chi connectivity index (χ1n) is 11.0. The Morgan fingerprint density at radius 3 is 2.20 bits per heavy atom. The second-order valence-electron chi connectivity index (χ2n) is 8.03. The summed E-state index contributed by atoms with van der Waals surface area (Å²) in [6.45, 7) is 1.25. The summed E-state index contributed by atoms with van der Waals surface area (Å²) in [6, 6.07) is 16.4. The maximum absolute atomic E-state index is 13.4. The van der Waals surface area contributed by atoms with Gasteiger partial charge >= 0.3 is 0 Å². The van der Waals surface area contributed by atoms with Crippen LogP contribution in [0.25, 0.3) is 10.8 Å². The van der Waals surface area contributed by atoms with Crippen molar-refractivity contribution in [2.24, 2.45) is 0 Å². The fourth-order valence-corrected chi connectivity index (χ4v) is 5.49. The highest BCUT2D eigenvalue weighted by atomic mass is 35.5. The van der Waals surface area contributed by atoms with Crippen LogP contribution < -0.4 is 5.32 Å². The van der Waals surface area contributed by atoms with Crippen molar-refractivity contribution in [2.45, 2.75) is 30.8 Å². The number of rotatable bonds is 9. The van der Waals surface area contributed by atoms with Crippen molar-refractivity contribution in [1.29, 1.82) is 0 Å². The largest absolute Gasteiger partial charge is 0.357 e. The van der Waals surface area contributed by atoms with Crippen LogP contribution in [0.5, 0.6) is 0 Å². The molecule has 1 atom stereocenters. The Balaban J connectivity index is 1.91. The number of benzene rings is 3. The number of likely N-dealkylation sites (N-methyl/N-ethyl adjacent to an activating group) is 2. The number of carbonyl (C=O) groups is 2. The van der Waals surface area contributed by atoms with Crippen molar-refractivity contribution in [3.05, 3.63) is 76.3 Å². The Morgan fingerprint density at radius 2 is 1.60 bits per heavy atom. The van der Waals surface area contributed by atoms with E-state index in [0.717, 1.165) is 15.1 Å². The topological polar surface area (TPSA) is 86.8 Å². The number of fused-ring (bicyclic) bond motifs is 1. The first-order chi connectivity index (χ1) is 16.6. The zero-order valence-corrected chi connectivity index (χ0v) is 22.0. The number of nitrogens with zero attached hydrogens (tertiary/aromatic N) is 2. The predicted molar refractivity (Wildman–Crippen MR) is 139 cm³/mol. The number of halogens is 2. The smallest absolute Gasteiger partial charge is 0.243 e. The van der Waals surface area contributed by atoms with E-state index in [1.165, 1.54) is 25.1 Å². The third-order valence-corrected chi connectivity index (χ3v) is 8.32. The van der Waals surface area contributed by atoms with E-state index in [-0.39, 0.29) is 17.3 Å². The van der Waals surface area contributed by atoms with Crippen LogP contribution in [0.2, 0.25) is 10.0 Å². The van der Waals surface area contributed by atoms with E-state index in [1.54, 1.807) is 37.3 Å². The molecule has 0 aliphatic heterocycles. The van der Waals surface area contributed by atoms with Crippen molar-refractivity contribution in [1.82, 2.24) is 14.5 Å². The minimum Gasteiger partial charge on any atom is -0.357 e. The Hall–Kier alpha value is -2.65. The molecule has 0 heterocycles. The average Bonchev–Trinajstić information content (AvgIpc) is 2.84. The molecule has 0 radical (unpaired) electrons. The van der Waals surface area contributed by atoms with Gasteiger partial charge in [-0.15, -0.1) is 0 Å². The highest BCUT2D eigenvalue weighted by Gasteiger charge is 2.32. The highest BCUT2D eigenvalue weighted by Crippen LogP contribution is 2.27. The summed E-state index contributed by atoms with van der Waals surface area (Å²) in [7, 11) is -1.16. The summed E-state index contributed by atoms with van der Waals surface area (Å²) in [5, 5.41) is 4.93. The number of nitrogens with one attached hydrogen (secondary N) is 1. The second kappa shape index (κ2) is 11.4. The van der Waals surface area contributed by atoms with Gasteiger partial charge in [-0.25, -0.2) is 8.42 Å². The standard InChI is InChI=1S/C25H27Cl2N3O4S/c1-4-23(25(32)28-2)30(15-20-21(26)10-7-11-22(20)27)24(31)16-29(3)35(33,34)19-13-12-17-8-5-6-9-18(17)14-19/h5-14,23H,4,15-16H2,1-3H3,(H,28,32). The predicted octanol–water partition coefficient (Wildman–Crippen LogP) is 4.32. The minimum atomic E-state index is -3.97. The normalized spacial score (nSPS) is 12.5. The maximum atomic E-state index is 13.4. The van der Waals surface area contributed by atoms with E-state index in [1.807, 2.05) is 24.3 Å². The Bertz CT molecular complexity index is 1330. The van der Waals surface area contributed by atoms with Crippen LogP contribution in [0, 0.1) is 0 Å². The van der Waals surface area contributed by atoms with Gasteiger partial charge in [-0.1, -0.05) is 66.5 Å². The summed E-state index contributed by atoms with van der Waals surface area (Å²) >= 11 is 12.6. The summed E-state index contributed by atoms with van der Waals surface area (Å²) in [6.07, 6.45) is 0.314. The van der Waals surface area contributed by atoms with E-state index < -0.39 is 28.5 Å². The Kier molecular flexibility index (Phi) is 8.77. The number of hydrogen-bond acceptors (Lipinski definition) is 4. The lowest BCUT2D eigenvalue weighted by molar-refractivity contribution is -0.141. The fourth-order valence-electron chi connectivity index (χ4n) is 3.81. The van der Waals surface area contributed by atoms with Crippen molar-refractivity contribution in [2.75, 3.05) is 20.6 Å². The molecule has 2 amide bonds. The zero-order valence-electron chi connectivity index (χ0n) is 19.7. The minimum absolute atomic E-state index is 0.0485. The van der Waals surface area contributed by atoms with Crippen LogP contribution in [-0.4, -0.2) is 56.1 Å². The molecule has 10 heteroatoms. The molecule has 0 bridgehead atoms. The lowest BCUT2D eigenvalue weighted by Crippen LogP contribution is -2.51. The lowest BCUT2D eigenvalue weighted by Gasteiger charge is -2.32. The van der Waals surface area contributed by atoms with Gasteiger partial charge in [-0.05, 0) is 41.5 Å². The molecule has 0 saturated heterocycles. The van der Waals surface area contributed by atoms with Gasteiger partial charge in [0, 0.05) is 36.2 Å². The lowest BCUT2D eigenvalue weighted by atomic mass is 10.1. The number of amides is 2. The molecule has 3 aromatic carbocycles. The molecule has 186 valence electrons. The summed E-state index contributed by atoms with van der Waals surface area (Å²) in [4.78, 5) is 27.4. The van der Waals surface area contributed by atoms with Crippen LogP contribution in [0.3, 0.4) is 0 Å². The van der Waals surface area contributed by atoms with E-state index >= 15 is 0 Å². The van der Waals surface area contributed by atoms with Crippen LogP contribution in [0.1, 0.15) is 18.9 Å². The van der Waals surface area contributed by atoms with E-state index in [9.17, 15) is 18.0 Å².